The molecule has 18 heavy (non-hydrogen) atoms. The van der Waals surface area contributed by atoms with Crippen LogP contribution >= 0.6 is 28.1 Å². The molecule has 0 aliphatic rings. The van der Waals surface area contributed by atoms with Crippen LogP contribution in [0.1, 0.15) is 16.7 Å². The number of nitrogens with zero attached hydrogens (tertiary/aromatic N) is 1. The molecule has 0 aliphatic carbocycles. The fourth-order valence-electron chi connectivity index (χ4n) is 1.23. The minimum absolute atomic E-state index is 0.0561. The third-order valence-electron chi connectivity index (χ3n) is 1.97. The zero-order chi connectivity index (χ0) is 13.8. The van der Waals surface area contributed by atoms with Gasteiger partial charge in [0.15, 0.2) is 5.11 Å². The second-order valence-electron chi connectivity index (χ2n) is 3.28. The predicted molar refractivity (Wildman–Crippen MR) is 71.6 cm³/mol. The number of rotatable bonds is 3. The Balaban J connectivity index is 3.03. The van der Waals surface area contributed by atoms with Gasteiger partial charge in [0.2, 0.25) is 0 Å². The van der Waals surface area contributed by atoms with Crippen LogP contribution in [0.25, 0.3) is 0 Å². The largest absolute Gasteiger partial charge is 0.416 e. The minimum Gasteiger partial charge on any atom is -0.375 e. The van der Waals surface area contributed by atoms with Crippen molar-refractivity contribution < 1.29 is 13.2 Å². The van der Waals surface area contributed by atoms with Gasteiger partial charge in [-0.25, -0.2) is 0 Å². The van der Waals surface area contributed by atoms with Gasteiger partial charge in [0.05, 0.1) is 11.8 Å². The Morgan fingerprint density at radius 3 is 2.67 bits per heavy atom. The van der Waals surface area contributed by atoms with Crippen molar-refractivity contribution in [1.82, 2.24) is 5.43 Å². The Kier molecular flexibility index (Phi) is 5.09. The highest BCUT2D eigenvalue weighted by Crippen LogP contribution is 2.33. The van der Waals surface area contributed by atoms with E-state index in [2.05, 4.69) is 38.7 Å². The summed E-state index contributed by atoms with van der Waals surface area (Å²) in [5, 5.41) is 3.67. The number of halogens is 4. The molecule has 98 valence electrons. The van der Waals surface area contributed by atoms with Gasteiger partial charge in [-0.1, -0.05) is 28.1 Å². The number of thiocarbonyl (C=S) groups is 1. The fourth-order valence-corrected chi connectivity index (χ4v) is 1.77. The molecule has 0 aromatic heterocycles. The number of hydrogen-bond acceptors (Lipinski definition) is 2. The maximum Gasteiger partial charge on any atom is 0.416 e. The van der Waals surface area contributed by atoms with Crippen molar-refractivity contribution in [2.45, 2.75) is 11.5 Å². The predicted octanol–water partition coefficient (Wildman–Crippen LogP) is 2.77. The molecule has 0 aliphatic heterocycles. The molecule has 1 rings (SSSR count). The molecule has 0 saturated carbocycles. The zero-order valence-electron chi connectivity index (χ0n) is 8.96. The van der Waals surface area contributed by atoms with Crippen LogP contribution in [0, 0.1) is 0 Å². The van der Waals surface area contributed by atoms with Crippen LogP contribution in [0.4, 0.5) is 13.2 Å². The monoisotopic (exact) mass is 339 g/mol. The molecule has 1 aromatic carbocycles. The second kappa shape index (κ2) is 6.14. The summed E-state index contributed by atoms with van der Waals surface area (Å²) in [7, 11) is 0. The van der Waals surface area contributed by atoms with Gasteiger partial charge in [-0.2, -0.15) is 18.3 Å². The summed E-state index contributed by atoms with van der Waals surface area (Å²) in [6.07, 6.45) is -3.18. The highest BCUT2D eigenvalue weighted by molar-refractivity contribution is 9.08. The van der Waals surface area contributed by atoms with E-state index in [0.29, 0.717) is 5.56 Å². The molecular weight excluding hydrogens is 331 g/mol. The Morgan fingerprint density at radius 1 is 1.50 bits per heavy atom. The summed E-state index contributed by atoms with van der Waals surface area (Å²) in [4.78, 5) is 0. The van der Waals surface area contributed by atoms with Crippen LogP contribution in [-0.4, -0.2) is 11.3 Å². The van der Waals surface area contributed by atoms with Gasteiger partial charge in [0.25, 0.3) is 0 Å². The van der Waals surface area contributed by atoms with Crippen LogP contribution in [0.3, 0.4) is 0 Å². The summed E-state index contributed by atoms with van der Waals surface area (Å²) < 4.78 is 38.2. The number of nitrogens with two attached hydrogens (primary N) is 1. The molecule has 1 aromatic rings. The molecule has 0 spiro atoms. The van der Waals surface area contributed by atoms with Gasteiger partial charge < -0.3 is 5.73 Å². The lowest BCUT2D eigenvalue weighted by atomic mass is 10.1. The standard InChI is InChI=1S/C10H9BrF3N3S/c11-4-7-2-1-6(5-16-17-9(15)18)3-8(7)10(12,13)14/h1-3,5H,4H2,(H3,15,17,18). The molecule has 3 N–H and O–H groups in total. The second-order valence-corrected chi connectivity index (χ2v) is 4.28. The molecule has 0 radical (unpaired) electrons. The van der Waals surface area contributed by atoms with Crippen molar-refractivity contribution in [1.29, 1.82) is 0 Å². The van der Waals surface area contributed by atoms with Crippen LogP contribution in [0.15, 0.2) is 23.3 Å². The van der Waals surface area contributed by atoms with Crippen molar-refractivity contribution >= 4 is 39.5 Å². The van der Waals surface area contributed by atoms with Crippen LogP contribution in [0.5, 0.6) is 0 Å². The van der Waals surface area contributed by atoms with Crippen LogP contribution in [0.2, 0.25) is 0 Å². The maximum absolute atomic E-state index is 12.7. The normalized spacial score (nSPS) is 11.8. The molecule has 0 atom stereocenters. The van der Waals surface area contributed by atoms with E-state index < -0.39 is 11.7 Å². The van der Waals surface area contributed by atoms with E-state index in [4.69, 9.17) is 5.73 Å². The van der Waals surface area contributed by atoms with Crippen molar-refractivity contribution in [3.63, 3.8) is 0 Å². The van der Waals surface area contributed by atoms with E-state index in [0.717, 1.165) is 6.07 Å². The third-order valence-corrected chi connectivity index (χ3v) is 2.67. The summed E-state index contributed by atoms with van der Waals surface area (Å²) in [6.45, 7) is 0. The third kappa shape index (κ3) is 4.26. The van der Waals surface area contributed by atoms with E-state index in [-0.39, 0.29) is 16.0 Å². The minimum atomic E-state index is -4.40. The van der Waals surface area contributed by atoms with Crippen molar-refractivity contribution in [3.05, 3.63) is 34.9 Å². The van der Waals surface area contributed by atoms with Crippen LogP contribution < -0.4 is 11.2 Å². The van der Waals surface area contributed by atoms with Gasteiger partial charge in [0, 0.05) is 5.33 Å². The van der Waals surface area contributed by atoms with Crippen molar-refractivity contribution in [2.75, 3.05) is 0 Å². The van der Waals surface area contributed by atoms with E-state index >= 15 is 0 Å². The van der Waals surface area contributed by atoms with Crippen molar-refractivity contribution in [2.24, 2.45) is 10.8 Å². The van der Waals surface area contributed by atoms with Crippen LogP contribution in [-0.2, 0) is 11.5 Å². The molecule has 0 unspecified atom stereocenters. The molecular formula is C10H9BrF3N3S. The Labute approximate surface area is 115 Å². The molecule has 0 amide bonds. The lowest BCUT2D eigenvalue weighted by Gasteiger charge is -2.11. The average molecular weight is 340 g/mol. The van der Waals surface area contributed by atoms with E-state index in [9.17, 15) is 13.2 Å². The van der Waals surface area contributed by atoms with Gasteiger partial charge in [-0.05, 0) is 29.4 Å². The summed E-state index contributed by atoms with van der Waals surface area (Å²) in [6, 6.07) is 3.93. The number of benzene rings is 1. The Bertz CT molecular complexity index is 474. The Hall–Kier alpha value is -1.15. The van der Waals surface area contributed by atoms with E-state index in [1.54, 1.807) is 0 Å². The first-order valence-corrected chi connectivity index (χ1v) is 6.22. The average Bonchev–Trinajstić information content (AvgIpc) is 2.27. The lowest BCUT2D eigenvalue weighted by molar-refractivity contribution is -0.138. The number of nitrogens with one attached hydrogen (secondary N) is 1. The highest BCUT2D eigenvalue weighted by atomic mass is 79.9. The first kappa shape index (κ1) is 14.9. The van der Waals surface area contributed by atoms with Gasteiger partial charge in [0.1, 0.15) is 0 Å². The Morgan fingerprint density at radius 2 is 2.17 bits per heavy atom. The summed E-state index contributed by atoms with van der Waals surface area (Å²) >= 11 is 7.52. The summed E-state index contributed by atoms with van der Waals surface area (Å²) in [5.41, 5.74) is 7.17. The van der Waals surface area contributed by atoms with E-state index in [1.807, 2.05) is 0 Å². The van der Waals surface area contributed by atoms with Gasteiger partial charge in [-0.15, -0.1) is 0 Å². The topological polar surface area (TPSA) is 50.4 Å². The highest BCUT2D eigenvalue weighted by Gasteiger charge is 2.33. The van der Waals surface area contributed by atoms with Gasteiger partial charge >= 0.3 is 6.18 Å². The lowest BCUT2D eigenvalue weighted by Crippen LogP contribution is -2.24. The molecule has 0 bridgehead atoms. The molecule has 8 heteroatoms. The smallest absolute Gasteiger partial charge is 0.375 e. The maximum atomic E-state index is 12.7. The fraction of sp³-hybridized carbons (Fsp3) is 0.200. The molecule has 3 nitrogen and oxygen atoms in total. The quantitative estimate of drug-likeness (QED) is 0.385. The SMILES string of the molecule is NC(=S)NN=Cc1ccc(CBr)c(C(F)(F)F)c1. The number of hydrogen-bond donors (Lipinski definition) is 2. The molecule has 0 fully saturated rings. The number of hydrazone groups is 1. The zero-order valence-corrected chi connectivity index (χ0v) is 11.4. The number of alkyl halides is 4. The molecule has 0 heterocycles. The van der Waals surface area contributed by atoms with Gasteiger partial charge in [-0.3, -0.25) is 5.43 Å². The van der Waals surface area contributed by atoms with Crippen molar-refractivity contribution in [3.8, 4) is 0 Å². The molecule has 0 saturated heterocycles. The van der Waals surface area contributed by atoms with E-state index in [1.165, 1.54) is 18.3 Å². The first-order valence-electron chi connectivity index (χ1n) is 4.69. The summed E-state index contributed by atoms with van der Waals surface area (Å²) in [5.74, 6) is 0. The first-order chi connectivity index (χ1) is 8.34.